The fraction of sp³-hybridized carbons (Fsp3) is 0.182. The molecule has 1 fully saturated rings. The lowest BCUT2D eigenvalue weighted by Crippen LogP contribution is -2.23. The average molecular weight is 401 g/mol. The molecule has 0 amide bonds. The fourth-order valence-corrected chi connectivity index (χ4v) is 3.84. The van der Waals surface area contributed by atoms with Gasteiger partial charge in [-0.25, -0.2) is 14.4 Å². The molecular weight excluding hydrogens is 381 g/mol. The van der Waals surface area contributed by atoms with Gasteiger partial charge in [0, 0.05) is 36.6 Å². The topological polar surface area (TPSA) is 82.6 Å². The van der Waals surface area contributed by atoms with Crippen molar-refractivity contribution in [3.05, 3.63) is 78.6 Å². The molecule has 30 heavy (non-hydrogen) atoms. The first-order chi connectivity index (χ1) is 14.8. The summed E-state index contributed by atoms with van der Waals surface area (Å²) in [5.74, 6) is 1.95. The van der Waals surface area contributed by atoms with E-state index in [1.165, 1.54) is 12.1 Å². The smallest absolute Gasteiger partial charge is 0.153 e. The highest BCUT2D eigenvalue weighted by Crippen LogP contribution is 2.35. The van der Waals surface area contributed by atoms with Gasteiger partial charge in [-0.15, -0.1) is 0 Å². The Bertz CT molecular complexity index is 1130. The number of hydrogen-bond donors (Lipinski definition) is 2. The van der Waals surface area contributed by atoms with Crippen molar-refractivity contribution in [2.24, 2.45) is 0 Å². The van der Waals surface area contributed by atoms with E-state index in [-0.39, 0.29) is 11.9 Å². The Balaban J connectivity index is 1.35. The predicted molar refractivity (Wildman–Crippen MR) is 113 cm³/mol. The van der Waals surface area contributed by atoms with E-state index in [9.17, 15) is 4.39 Å². The minimum Gasteiger partial charge on any atom is -0.349 e. The van der Waals surface area contributed by atoms with Crippen molar-refractivity contribution >= 4 is 17.5 Å². The highest BCUT2D eigenvalue weighted by molar-refractivity contribution is 5.65. The lowest BCUT2D eigenvalue weighted by atomic mass is 10.0. The summed E-state index contributed by atoms with van der Waals surface area (Å²) in [7, 11) is 0. The number of H-pyrrole nitrogens is 1. The lowest BCUT2D eigenvalue weighted by molar-refractivity contribution is 0.624. The van der Waals surface area contributed by atoms with E-state index in [1.54, 1.807) is 18.7 Å². The summed E-state index contributed by atoms with van der Waals surface area (Å²) in [6, 6.07) is 14.6. The maximum Gasteiger partial charge on any atom is 0.153 e. The summed E-state index contributed by atoms with van der Waals surface area (Å²) in [4.78, 5) is 15.1. The molecule has 8 heteroatoms. The minimum atomic E-state index is -0.220. The van der Waals surface area contributed by atoms with Crippen molar-refractivity contribution in [2.45, 2.75) is 18.9 Å². The molecule has 4 heterocycles. The molecule has 3 aromatic heterocycles. The van der Waals surface area contributed by atoms with Crippen molar-refractivity contribution in [1.82, 2.24) is 25.1 Å². The minimum absolute atomic E-state index is 0.178. The molecule has 0 bridgehead atoms. The zero-order valence-electron chi connectivity index (χ0n) is 16.2. The number of halogens is 1. The van der Waals surface area contributed by atoms with Crippen LogP contribution in [0.4, 0.5) is 21.8 Å². The first kappa shape index (κ1) is 18.2. The van der Waals surface area contributed by atoms with Gasteiger partial charge in [-0.2, -0.15) is 5.10 Å². The van der Waals surface area contributed by atoms with Crippen LogP contribution in [0.2, 0.25) is 0 Å². The van der Waals surface area contributed by atoms with E-state index >= 15 is 0 Å². The van der Waals surface area contributed by atoms with Gasteiger partial charge in [0.2, 0.25) is 0 Å². The van der Waals surface area contributed by atoms with Gasteiger partial charge in [0.1, 0.15) is 23.8 Å². The molecule has 0 spiro atoms. The molecule has 150 valence electrons. The summed E-state index contributed by atoms with van der Waals surface area (Å²) in [6.07, 6.45) is 7.10. The SMILES string of the molecule is Fc1ccc(C2CCCN2c2cc(Nc3cc(-c4ccncc4)[nH]n3)ncn2)cc1. The predicted octanol–water partition coefficient (Wildman–Crippen LogP) is 4.49. The van der Waals surface area contributed by atoms with E-state index in [4.69, 9.17) is 0 Å². The summed E-state index contributed by atoms with van der Waals surface area (Å²) < 4.78 is 13.3. The lowest BCUT2D eigenvalue weighted by Gasteiger charge is -2.26. The van der Waals surface area contributed by atoms with Crippen LogP contribution in [-0.2, 0) is 0 Å². The molecule has 1 aromatic carbocycles. The van der Waals surface area contributed by atoms with E-state index in [2.05, 4.69) is 35.4 Å². The van der Waals surface area contributed by atoms with Crippen LogP contribution >= 0.6 is 0 Å². The number of rotatable bonds is 5. The normalized spacial score (nSPS) is 16.0. The third kappa shape index (κ3) is 3.71. The summed E-state index contributed by atoms with van der Waals surface area (Å²) in [5, 5.41) is 10.6. The van der Waals surface area contributed by atoms with Crippen LogP contribution in [0, 0.1) is 5.82 Å². The van der Waals surface area contributed by atoms with Crippen LogP contribution in [0.15, 0.2) is 67.3 Å². The van der Waals surface area contributed by atoms with Crippen LogP contribution in [-0.4, -0.2) is 31.7 Å². The van der Waals surface area contributed by atoms with Crippen molar-refractivity contribution in [1.29, 1.82) is 0 Å². The van der Waals surface area contributed by atoms with Crippen molar-refractivity contribution in [3.63, 3.8) is 0 Å². The Morgan fingerprint density at radius 1 is 1.00 bits per heavy atom. The largest absolute Gasteiger partial charge is 0.349 e. The molecule has 5 rings (SSSR count). The third-order valence-electron chi connectivity index (χ3n) is 5.28. The maximum absolute atomic E-state index is 13.3. The molecule has 0 saturated carbocycles. The second kappa shape index (κ2) is 7.90. The number of pyridine rings is 1. The molecule has 1 aliphatic rings. The number of benzene rings is 1. The van der Waals surface area contributed by atoms with Crippen molar-refractivity contribution < 1.29 is 4.39 Å². The number of aromatic amines is 1. The van der Waals surface area contributed by atoms with Crippen molar-refractivity contribution in [2.75, 3.05) is 16.8 Å². The number of hydrogen-bond acceptors (Lipinski definition) is 6. The molecule has 2 N–H and O–H groups in total. The number of nitrogens with one attached hydrogen (secondary N) is 2. The average Bonchev–Trinajstić information content (AvgIpc) is 3.45. The Morgan fingerprint density at radius 3 is 2.67 bits per heavy atom. The van der Waals surface area contributed by atoms with Crippen LogP contribution < -0.4 is 10.2 Å². The van der Waals surface area contributed by atoms with E-state index < -0.39 is 0 Å². The zero-order valence-corrected chi connectivity index (χ0v) is 16.2. The second-order valence-electron chi connectivity index (χ2n) is 7.19. The van der Waals surface area contributed by atoms with Gasteiger partial charge < -0.3 is 10.2 Å². The molecule has 1 unspecified atom stereocenters. The number of nitrogens with zero attached hydrogens (tertiary/aromatic N) is 5. The van der Waals surface area contributed by atoms with Crippen LogP contribution in [0.25, 0.3) is 11.3 Å². The van der Waals surface area contributed by atoms with Crippen molar-refractivity contribution in [3.8, 4) is 11.3 Å². The first-order valence-corrected chi connectivity index (χ1v) is 9.83. The summed E-state index contributed by atoms with van der Waals surface area (Å²) in [5.41, 5.74) is 2.99. The molecule has 7 nitrogen and oxygen atoms in total. The molecular formula is C22H20FN7. The standard InChI is InChI=1S/C22H20FN7/c23-17-5-3-16(4-6-17)19-2-1-11-30(19)22-13-20(25-14-26-22)27-21-12-18(28-29-21)15-7-9-24-10-8-15/h3-10,12-14,19H,1-2,11H2,(H2,25,26,27,28,29). The highest BCUT2D eigenvalue weighted by atomic mass is 19.1. The Labute approximate surface area is 173 Å². The number of aromatic nitrogens is 5. The summed E-state index contributed by atoms with van der Waals surface area (Å²) >= 11 is 0. The first-order valence-electron chi connectivity index (χ1n) is 9.83. The highest BCUT2D eigenvalue weighted by Gasteiger charge is 2.27. The molecule has 0 radical (unpaired) electrons. The van der Waals surface area contributed by atoms with Gasteiger partial charge in [0.25, 0.3) is 0 Å². The number of anilines is 3. The molecule has 1 atom stereocenters. The van der Waals surface area contributed by atoms with Gasteiger partial charge >= 0.3 is 0 Å². The van der Waals surface area contributed by atoms with Crippen LogP contribution in [0.3, 0.4) is 0 Å². The molecule has 4 aromatic rings. The quantitative estimate of drug-likeness (QED) is 0.513. The van der Waals surface area contributed by atoms with Gasteiger partial charge in [-0.3, -0.25) is 10.1 Å². The summed E-state index contributed by atoms with van der Waals surface area (Å²) in [6.45, 7) is 0.896. The van der Waals surface area contributed by atoms with Gasteiger partial charge in [0.05, 0.1) is 11.7 Å². The van der Waals surface area contributed by atoms with E-state index in [0.717, 1.165) is 42.0 Å². The van der Waals surface area contributed by atoms with Crippen LogP contribution in [0.1, 0.15) is 24.4 Å². The third-order valence-corrected chi connectivity index (χ3v) is 5.28. The van der Waals surface area contributed by atoms with Gasteiger partial charge in [-0.05, 0) is 42.7 Å². The fourth-order valence-electron chi connectivity index (χ4n) is 3.84. The Morgan fingerprint density at radius 2 is 1.83 bits per heavy atom. The molecule has 0 aliphatic carbocycles. The van der Waals surface area contributed by atoms with Crippen LogP contribution in [0.5, 0.6) is 0 Å². The Hall–Kier alpha value is -3.81. The van der Waals surface area contributed by atoms with E-state index in [0.29, 0.717) is 11.6 Å². The van der Waals surface area contributed by atoms with E-state index in [1.807, 2.05) is 36.4 Å². The zero-order chi connectivity index (χ0) is 20.3. The van der Waals surface area contributed by atoms with Gasteiger partial charge in [-0.1, -0.05) is 12.1 Å². The molecule has 1 aliphatic heterocycles. The maximum atomic E-state index is 13.3. The van der Waals surface area contributed by atoms with Gasteiger partial charge in [0.15, 0.2) is 5.82 Å². The Kier molecular flexibility index (Phi) is 4.80. The second-order valence-corrected chi connectivity index (χ2v) is 7.19. The molecule has 1 saturated heterocycles. The monoisotopic (exact) mass is 401 g/mol.